The third-order valence-electron chi connectivity index (χ3n) is 11.5. The van der Waals surface area contributed by atoms with E-state index >= 15 is 0 Å². The summed E-state index contributed by atoms with van der Waals surface area (Å²) in [6.07, 6.45) is 1.80. The van der Waals surface area contributed by atoms with Crippen molar-refractivity contribution in [1.29, 1.82) is 0 Å². The van der Waals surface area contributed by atoms with Crippen molar-refractivity contribution >= 4 is 33.0 Å². The van der Waals surface area contributed by atoms with Gasteiger partial charge in [-0.2, -0.15) is 0 Å². The molecule has 0 saturated carbocycles. The average Bonchev–Trinajstić information content (AvgIpc) is 3.78. The molecule has 0 unspecified atom stereocenters. The Morgan fingerprint density at radius 3 is 2.00 bits per heavy atom. The van der Waals surface area contributed by atoms with E-state index in [0.717, 1.165) is 83.3 Å². The molecule has 0 bridgehead atoms. The second-order valence-electron chi connectivity index (χ2n) is 18.9. The monoisotopic (exact) mass is 967 g/mol. The molecule has 60 heavy (non-hydrogen) atoms. The fraction of sp³-hybridized carbons (Fsp3) is 0.222. The van der Waals surface area contributed by atoms with E-state index in [2.05, 4.69) is 182 Å². The molecule has 6 aromatic carbocycles. The van der Waals surface area contributed by atoms with Crippen LogP contribution in [0.15, 0.2) is 138 Å². The van der Waals surface area contributed by atoms with E-state index < -0.39 is 0 Å². The molecule has 0 amide bonds. The van der Waals surface area contributed by atoms with Crippen molar-refractivity contribution in [2.45, 2.75) is 78.6 Å². The number of aromatic nitrogens is 3. The standard InChI is InChI=1S/C54H50N3O2.Pt/c1-52(2,3)36-25-26-45(40(28-36)33-17-11-10-12-18-33)57-46-23-16-22-38(49(46)56-51(57)42-29-37(53(4,5)6)30-43(50(42)58)54(7,8)9)34-19-15-20-35(27-34)44-31-41-39-21-13-14-24-47(39)59-48(41)32-55-44;/h10-26,28-32,58H,1-9H3;/q-1;. The van der Waals surface area contributed by atoms with Crippen LogP contribution in [0.4, 0.5) is 0 Å². The molecule has 6 heteroatoms. The molecule has 0 aliphatic heterocycles. The predicted octanol–water partition coefficient (Wildman–Crippen LogP) is 14.4. The molecule has 0 spiro atoms. The van der Waals surface area contributed by atoms with Crippen LogP contribution in [-0.4, -0.2) is 19.6 Å². The summed E-state index contributed by atoms with van der Waals surface area (Å²) >= 11 is 0. The summed E-state index contributed by atoms with van der Waals surface area (Å²) in [6.45, 7) is 19.9. The molecule has 1 N–H and O–H groups in total. The minimum atomic E-state index is -0.319. The number of phenolic OH excluding ortho intramolecular Hbond substituents is 1. The van der Waals surface area contributed by atoms with E-state index in [9.17, 15) is 5.11 Å². The predicted molar refractivity (Wildman–Crippen MR) is 244 cm³/mol. The van der Waals surface area contributed by atoms with Crippen LogP contribution in [-0.2, 0) is 37.3 Å². The number of para-hydroxylation sites is 2. The Hall–Kier alpha value is -5.77. The minimum absolute atomic E-state index is 0. The van der Waals surface area contributed by atoms with Crippen molar-refractivity contribution in [2.24, 2.45) is 0 Å². The van der Waals surface area contributed by atoms with Gasteiger partial charge in [-0.3, -0.25) is 9.55 Å². The van der Waals surface area contributed by atoms with E-state index in [-0.39, 0.29) is 43.1 Å². The summed E-state index contributed by atoms with van der Waals surface area (Å²) in [5, 5.41) is 14.5. The van der Waals surface area contributed by atoms with Crippen LogP contribution in [0.1, 0.15) is 79.0 Å². The first-order valence-corrected chi connectivity index (χ1v) is 20.5. The number of furan rings is 1. The molecule has 0 aliphatic carbocycles. The number of hydrogen-bond donors (Lipinski definition) is 1. The normalized spacial score (nSPS) is 12.3. The first-order chi connectivity index (χ1) is 28.1. The number of rotatable bonds is 5. The third-order valence-corrected chi connectivity index (χ3v) is 11.5. The number of benzene rings is 6. The van der Waals surface area contributed by atoms with Gasteiger partial charge in [0.25, 0.3) is 0 Å². The molecule has 0 radical (unpaired) electrons. The zero-order chi connectivity index (χ0) is 41.4. The first-order valence-electron chi connectivity index (χ1n) is 20.5. The maximum atomic E-state index is 12.4. The first kappa shape index (κ1) is 41.0. The molecule has 304 valence electrons. The van der Waals surface area contributed by atoms with Gasteiger partial charge in [0, 0.05) is 48.7 Å². The second kappa shape index (κ2) is 15.0. The van der Waals surface area contributed by atoms with Gasteiger partial charge in [0.1, 0.15) is 17.2 Å². The van der Waals surface area contributed by atoms with Gasteiger partial charge in [-0.25, -0.2) is 4.98 Å². The topological polar surface area (TPSA) is 64.1 Å². The molecule has 9 aromatic rings. The molecule has 0 saturated heterocycles. The van der Waals surface area contributed by atoms with Crippen molar-refractivity contribution < 1.29 is 30.6 Å². The Labute approximate surface area is 367 Å². The van der Waals surface area contributed by atoms with Gasteiger partial charge in [0.05, 0.1) is 28.5 Å². The number of nitrogens with zero attached hydrogens (tertiary/aromatic N) is 3. The molecular formula is C54H50N3O2Pt-. The summed E-state index contributed by atoms with van der Waals surface area (Å²) in [4.78, 5) is 10.4. The fourth-order valence-electron chi connectivity index (χ4n) is 8.15. The SMILES string of the molecule is CC(C)(C)c1ccc(-n2c(-c3cc(C(C)(C)C)cc(C(C)(C)C)c3O)nc3c(-c4[c-]c(-c5cc6c(cn5)oc5ccccc56)ccc4)cccc32)c(-c2ccccc2)c1.[Pt]. The van der Waals surface area contributed by atoms with E-state index in [1.165, 1.54) is 5.56 Å². The Bertz CT molecular complexity index is 3060. The Morgan fingerprint density at radius 2 is 1.27 bits per heavy atom. The number of imidazole rings is 1. The number of pyridine rings is 1. The van der Waals surface area contributed by atoms with Crippen LogP contribution >= 0.6 is 0 Å². The van der Waals surface area contributed by atoms with Gasteiger partial charge < -0.3 is 9.52 Å². The quantitative estimate of drug-likeness (QED) is 0.175. The van der Waals surface area contributed by atoms with Crippen molar-refractivity contribution in [2.75, 3.05) is 0 Å². The van der Waals surface area contributed by atoms with Gasteiger partial charge in [-0.1, -0.05) is 152 Å². The molecule has 9 rings (SSSR count). The number of aromatic hydroxyl groups is 1. The zero-order valence-electron chi connectivity index (χ0n) is 35.7. The summed E-state index contributed by atoms with van der Waals surface area (Å²) in [5.41, 5.74) is 13.5. The minimum Gasteiger partial charge on any atom is -0.507 e. The van der Waals surface area contributed by atoms with Crippen molar-refractivity contribution in [3.63, 3.8) is 0 Å². The van der Waals surface area contributed by atoms with E-state index in [0.29, 0.717) is 11.4 Å². The number of hydrogen-bond acceptors (Lipinski definition) is 4. The van der Waals surface area contributed by atoms with Crippen LogP contribution in [0.2, 0.25) is 0 Å². The van der Waals surface area contributed by atoms with Gasteiger partial charge in [-0.15, -0.1) is 29.8 Å². The molecule has 5 nitrogen and oxygen atoms in total. The van der Waals surface area contributed by atoms with Crippen molar-refractivity contribution in [3.05, 3.63) is 156 Å². The summed E-state index contributed by atoms with van der Waals surface area (Å²) < 4.78 is 8.34. The van der Waals surface area contributed by atoms with Gasteiger partial charge in [0.15, 0.2) is 5.58 Å². The fourth-order valence-corrected chi connectivity index (χ4v) is 8.15. The number of phenols is 1. The van der Waals surface area contributed by atoms with Gasteiger partial charge >= 0.3 is 0 Å². The maximum Gasteiger partial charge on any atom is 0.152 e. The summed E-state index contributed by atoms with van der Waals surface area (Å²) in [5.74, 6) is 0.926. The van der Waals surface area contributed by atoms with Crippen LogP contribution in [0.5, 0.6) is 5.75 Å². The van der Waals surface area contributed by atoms with Gasteiger partial charge in [0.2, 0.25) is 0 Å². The van der Waals surface area contributed by atoms with E-state index in [1.807, 2.05) is 18.2 Å². The van der Waals surface area contributed by atoms with Crippen LogP contribution in [0, 0.1) is 6.07 Å². The van der Waals surface area contributed by atoms with Crippen molar-refractivity contribution in [1.82, 2.24) is 14.5 Å². The Balaban J connectivity index is 0.00000499. The molecule has 3 heterocycles. The summed E-state index contributed by atoms with van der Waals surface area (Å²) in [6, 6.07) is 48.1. The molecule has 0 fully saturated rings. The molecular weight excluding hydrogens is 918 g/mol. The maximum absolute atomic E-state index is 12.4. The number of fused-ring (bicyclic) bond motifs is 4. The molecule has 0 atom stereocenters. The van der Waals surface area contributed by atoms with Gasteiger partial charge in [-0.05, 0) is 63.3 Å². The average molecular weight is 968 g/mol. The second-order valence-corrected chi connectivity index (χ2v) is 18.9. The van der Waals surface area contributed by atoms with Crippen LogP contribution in [0.25, 0.3) is 83.6 Å². The Morgan fingerprint density at radius 1 is 0.583 bits per heavy atom. The van der Waals surface area contributed by atoms with Crippen LogP contribution < -0.4 is 0 Å². The third kappa shape index (κ3) is 7.28. The van der Waals surface area contributed by atoms with Crippen molar-refractivity contribution in [3.8, 4) is 56.3 Å². The van der Waals surface area contributed by atoms with E-state index in [4.69, 9.17) is 14.4 Å². The zero-order valence-corrected chi connectivity index (χ0v) is 38.0. The summed E-state index contributed by atoms with van der Waals surface area (Å²) in [7, 11) is 0. The Kier molecular flexibility index (Phi) is 10.3. The van der Waals surface area contributed by atoms with Crippen LogP contribution in [0.3, 0.4) is 0 Å². The largest absolute Gasteiger partial charge is 0.507 e. The molecule has 0 aliphatic rings. The van der Waals surface area contributed by atoms with E-state index in [1.54, 1.807) is 6.20 Å². The smallest absolute Gasteiger partial charge is 0.152 e. The molecule has 3 aromatic heterocycles.